The lowest BCUT2D eigenvalue weighted by Crippen LogP contribution is -2.40. The van der Waals surface area contributed by atoms with Gasteiger partial charge in [0.2, 0.25) is 0 Å². The van der Waals surface area contributed by atoms with Gasteiger partial charge >= 0.3 is 17.9 Å². The zero-order valence-electron chi connectivity index (χ0n) is 31.0. The predicted molar refractivity (Wildman–Crippen MR) is 200 cm³/mol. The highest BCUT2D eigenvalue weighted by Crippen LogP contribution is 2.36. The topological polar surface area (TPSA) is 150 Å². The molecule has 1 aliphatic heterocycles. The summed E-state index contributed by atoms with van der Waals surface area (Å²) in [5, 5.41) is 0. The van der Waals surface area contributed by atoms with E-state index in [4.69, 9.17) is 33.2 Å². The molecular weight excluding hydrogens is 717 g/mol. The van der Waals surface area contributed by atoms with E-state index < -0.39 is 18.0 Å². The maximum absolute atomic E-state index is 14.3. The number of ether oxygens (including phenoxy) is 7. The second kappa shape index (κ2) is 18.2. The Morgan fingerprint density at radius 1 is 0.778 bits per heavy atom. The Hall–Kier alpha value is -5.89. The molecule has 13 nitrogen and oxygen atoms in total. The number of methoxy groups -OCH3 is 1. The van der Waals surface area contributed by atoms with Crippen LogP contribution in [0.1, 0.15) is 67.7 Å². The van der Waals surface area contributed by atoms with Crippen molar-refractivity contribution >= 4 is 35.3 Å². The number of aromatic nitrogens is 1. The molecule has 2 heterocycles. The van der Waals surface area contributed by atoms with Crippen LogP contribution >= 0.6 is 11.3 Å². The Kier molecular flexibility index (Phi) is 13.3. The van der Waals surface area contributed by atoms with Crippen molar-refractivity contribution in [3.63, 3.8) is 0 Å². The quantitative estimate of drug-likeness (QED) is 0.113. The molecule has 4 aromatic rings. The highest BCUT2D eigenvalue weighted by molar-refractivity contribution is 7.07. The summed E-state index contributed by atoms with van der Waals surface area (Å²) in [7, 11) is 1.26. The molecule has 0 saturated heterocycles. The molecule has 14 heteroatoms. The Morgan fingerprint density at radius 3 is 2.09 bits per heavy atom. The monoisotopic (exact) mass is 758 g/mol. The molecule has 54 heavy (non-hydrogen) atoms. The number of carbonyl (C=O) groups excluding carboxylic acids is 3. The zero-order valence-corrected chi connectivity index (χ0v) is 31.8. The third-order valence-electron chi connectivity index (χ3n) is 8.10. The van der Waals surface area contributed by atoms with Crippen LogP contribution in [0.3, 0.4) is 0 Å². The van der Waals surface area contributed by atoms with Crippen LogP contribution in [-0.4, -0.2) is 62.6 Å². The first-order valence-electron chi connectivity index (χ1n) is 17.4. The van der Waals surface area contributed by atoms with Crippen molar-refractivity contribution in [2.45, 2.75) is 47.3 Å². The van der Waals surface area contributed by atoms with Gasteiger partial charge in [-0.25, -0.2) is 19.4 Å². The summed E-state index contributed by atoms with van der Waals surface area (Å²) >= 11 is 1.18. The largest absolute Gasteiger partial charge is 0.490 e. The molecule has 0 bridgehead atoms. The summed E-state index contributed by atoms with van der Waals surface area (Å²) in [6.07, 6.45) is 1.74. The van der Waals surface area contributed by atoms with E-state index in [0.29, 0.717) is 67.9 Å². The summed E-state index contributed by atoms with van der Waals surface area (Å²) < 4.78 is 40.5. The van der Waals surface area contributed by atoms with E-state index >= 15 is 0 Å². The normalized spacial score (nSPS) is 13.7. The van der Waals surface area contributed by atoms with Crippen molar-refractivity contribution < 1.29 is 47.5 Å². The SMILES string of the molecule is CCOC(=O)C1=C(C)N=c2s/c(=C/c3ccc(OCc4ccc(C(=O)OCC)cc4)c(OCC)c3)c(=O)n2[C@@H]1c1ccc(OCC(=O)OC)c(OCC)c1. The van der Waals surface area contributed by atoms with Gasteiger partial charge in [-0.3, -0.25) is 9.36 Å². The Balaban J connectivity index is 1.51. The number of benzene rings is 3. The number of esters is 3. The van der Waals surface area contributed by atoms with Gasteiger partial charge < -0.3 is 33.2 Å². The van der Waals surface area contributed by atoms with Crippen LogP contribution in [0.25, 0.3) is 6.08 Å². The molecule has 1 aromatic heterocycles. The van der Waals surface area contributed by atoms with Crippen LogP contribution in [0.15, 0.2) is 81.7 Å². The van der Waals surface area contributed by atoms with E-state index in [2.05, 4.69) is 4.99 Å². The molecule has 0 fully saturated rings. The number of carbonyl (C=O) groups is 3. The molecule has 0 radical (unpaired) electrons. The number of fused-ring (bicyclic) bond motifs is 1. The van der Waals surface area contributed by atoms with Gasteiger partial charge in [0.05, 0.1) is 60.9 Å². The molecule has 0 aliphatic carbocycles. The van der Waals surface area contributed by atoms with Gasteiger partial charge in [-0.2, -0.15) is 0 Å². The number of hydrogen-bond acceptors (Lipinski definition) is 13. The van der Waals surface area contributed by atoms with Gasteiger partial charge in [0, 0.05) is 0 Å². The second-order valence-electron chi connectivity index (χ2n) is 11.7. The van der Waals surface area contributed by atoms with Crippen molar-refractivity contribution in [3.05, 3.63) is 114 Å². The summed E-state index contributed by atoms with van der Waals surface area (Å²) in [5.41, 5.74) is 2.77. The molecular formula is C40H42N2O11S. The Bertz CT molecular complexity index is 2220. The van der Waals surface area contributed by atoms with Gasteiger partial charge in [0.25, 0.3) is 5.56 Å². The number of hydrogen-bond donors (Lipinski definition) is 0. The van der Waals surface area contributed by atoms with Gasteiger partial charge in [-0.1, -0.05) is 35.6 Å². The van der Waals surface area contributed by atoms with E-state index in [1.165, 1.54) is 23.0 Å². The third-order valence-corrected chi connectivity index (χ3v) is 9.08. The van der Waals surface area contributed by atoms with Crippen LogP contribution in [0, 0.1) is 0 Å². The maximum atomic E-state index is 14.3. The summed E-state index contributed by atoms with van der Waals surface area (Å²) in [6.45, 7) is 9.82. The predicted octanol–water partition coefficient (Wildman–Crippen LogP) is 4.90. The molecule has 284 valence electrons. The van der Waals surface area contributed by atoms with Crippen molar-refractivity contribution in [3.8, 4) is 23.0 Å². The molecule has 1 atom stereocenters. The van der Waals surface area contributed by atoms with Crippen molar-refractivity contribution in [1.82, 2.24) is 4.57 Å². The fraction of sp³-hybridized carbons (Fsp3) is 0.325. The lowest BCUT2D eigenvalue weighted by atomic mass is 9.95. The number of thiazole rings is 1. The van der Waals surface area contributed by atoms with E-state index in [1.807, 2.05) is 13.0 Å². The van der Waals surface area contributed by atoms with Gasteiger partial charge in [-0.05, 0) is 93.8 Å². The van der Waals surface area contributed by atoms with Crippen molar-refractivity contribution in [2.75, 3.05) is 40.1 Å². The first kappa shape index (κ1) is 39.3. The van der Waals surface area contributed by atoms with Crippen LogP contribution in [0.2, 0.25) is 0 Å². The molecule has 0 amide bonds. The summed E-state index contributed by atoms with van der Waals surface area (Å²) in [4.78, 5) is 56.5. The first-order chi connectivity index (χ1) is 26.1. The van der Waals surface area contributed by atoms with E-state index in [0.717, 1.165) is 5.56 Å². The molecule has 0 unspecified atom stereocenters. The summed E-state index contributed by atoms with van der Waals surface area (Å²) in [6, 6.07) is 16.4. The minimum atomic E-state index is -0.905. The molecule has 3 aromatic carbocycles. The molecule has 1 aliphatic rings. The Labute approximate surface area is 316 Å². The first-order valence-corrected chi connectivity index (χ1v) is 18.3. The fourth-order valence-electron chi connectivity index (χ4n) is 5.65. The third kappa shape index (κ3) is 9.00. The number of nitrogens with zero attached hydrogens (tertiary/aromatic N) is 2. The standard InChI is InChI=1S/C40H42N2O11S/c1-7-48-31-19-26(13-17-29(31)52-22-25-11-14-27(15-12-25)38(45)50-9-3)20-33-37(44)42-36(35(39(46)51-10-4)24(5)41-40(42)54-33)28-16-18-30(32(21-28)49-8-2)53-23-34(43)47-6/h11-21,36H,7-10,22-23H2,1-6H3/b33-20+/t36-/m1/s1. The molecule has 0 N–H and O–H groups in total. The smallest absolute Gasteiger partial charge is 0.343 e. The van der Waals surface area contributed by atoms with Gasteiger partial charge in [0.1, 0.15) is 6.61 Å². The van der Waals surface area contributed by atoms with Crippen molar-refractivity contribution in [1.29, 1.82) is 0 Å². The molecule has 0 spiro atoms. The van der Waals surface area contributed by atoms with Crippen molar-refractivity contribution in [2.24, 2.45) is 4.99 Å². The maximum Gasteiger partial charge on any atom is 0.343 e. The van der Waals surface area contributed by atoms with E-state index in [-0.39, 0.29) is 43.5 Å². The lowest BCUT2D eigenvalue weighted by Gasteiger charge is -2.25. The van der Waals surface area contributed by atoms with Gasteiger partial charge in [0.15, 0.2) is 34.4 Å². The highest BCUT2D eigenvalue weighted by atomic mass is 32.1. The zero-order chi connectivity index (χ0) is 38.8. The Morgan fingerprint density at radius 2 is 1.43 bits per heavy atom. The second-order valence-corrected chi connectivity index (χ2v) is 12.7. The number of rotatable bonds is 16. The number of allylic oxidation sites excluding steroid dienone is 1. The molecule has 0 saturated carbocycles. The minimum Gasteiger partial charge on any atom is -0.490 e. The minimum absolute atomic E-state index is 0.126. The molecule has 5 rings (SSSR count). The highest BCUT2D eigenvalue weighted by Gasteiger charge is 2.34. The summed E-state index contributed by atoms with van der Waals surface area (Å²) in [5.74, 6) is 0.0486. The fourth-order valence-corrected chi connectivity index (χ4v) is 6.70. The lowest BCUT2D eigenvalue weighted by molar-refractivity contribution is -0.143. The van der Waals surface area contributed by atoms with E-state index in [9.17, 15) is 19.2 Å². The van der Waals surface area contributed by atoms with Crippen LogP contribution in [0.5, 0.6) is 23.0 Å². The van der Waals surface area contributed by atoms with Crippen LogP contribution in [0.4, 0.5) is 0 Å². The van der Waals surface area contributed by atoms with Crippen LogP contribution < -0.4 is 33.8 Å². The average molecular weight is 759 g/mol. The van der Waals surface area contributed by atoms with Gasteiger partial charge in [-0.15, -0.1) is 0 Å². The van der Waals surface area contributed by atoms with Crippen LogP contribution in [-0.2, 0) is 30.4 Å². The van der Waals surface area contributed by atoms with E-state index in [1.54, 1.807) is 88.4 Å². The average Bonchev–Trinajstić information content (AvgIpc) is 3.47.